The molecule has 0 unspecified atom stereocenters. The first kappa shape index (κ1) is 8.94. The number of aryl methyl sites for hydroxylation is 2. The average molecular weight is 187 g/mol. The van der Waals surface area contributed by atoms with E-state index in [2.05, 4.69) is 33.8 Å². The molecule has 14 heavy (non-hydrogen) atoms. The van der Waals surface area contributed by atoms with Crippen molar-refractivity contribution in [1.82, 2.24) is 14.8 Å². The minimum absolute atomic E-state index is 0.899. The molecular weight excluding hydrogens is 174 g/mol. The van der Waals surface area contributed by atoms with Crippen molar-refractivity contribution in [3.8, 4) is 5.69 Å². The lowest BCUT2D eigenvalue weighted by molar-refractivity contribution is 0.871. The molecule has 2 aromatic rings. The molecule has 72 valence electrons. The van der Waals surface area contributed by atoms with Crippen molar-refractivity contribution in [2.45, 2.75) is 20.3 Å². The maximum atomic E-state index is 4.12. The highest BCUT2D eigenvalue weighted by molar-refractivity contribution is 5.33. The second-order valence-corrected chi connectivity index (χ2v) is 3.19. The summed E-state index contributed by atoms with van der Waals surface area (Å²) in [5, 5.41) is 8.20. The van der Waals surface area contributed by atoms with Gasteiger partial charge in [0.25, 0.3) is 0 Å². The highest BCUT2D eigenvalue weighted by Gasteiger charge is 2.07. The normalized spacial score (nSPS) is 10.4. The van der Waals surface area contributed by atoms with Crippen LogP contribution in [0.2, 0.25) is 0 Å². The van der Waals surface area contributed by atoms with Gasteiger partial charge in [-0.1, -0.05) is 25.1 Å². The molecule has 0 radical (unpaired) electrons. The predicted octanol–water partition coefficient (Wildman–Crippen LogP) is 2.14. The number of aromatic nitrogens is 3. The number of hydrogen-bond donors (Lipinski definition) is 0. The Labute approximate surface area is 83.4 Å². The van der Waals surface area contributed by atoms with Gasteiger partial charge in [-0.15, -0.1) is 10.2 Å². The maximum Gasteiger partial charge on any atom is 0.137 e. The van der Waals surface area contributed by atoms with Crippen molar-refractivity contribution >= 4 is 0 Å². The second kappa shape index (κ2) is 3.62. The van der Waals surface area contributed by atoms with Crippen LogP contribution in [0.3, 0.4) is 0 Å². The van der Waals surface area contributed by atoms with Crippen LogP contribution in [0.1, 0.15) is 18.6 Å². The quantitative estimate of drug-likeness (QED) is 0.721. The molecule has 0 N–H and O–H groups in total. The fourth-order valence-corrected chi connectivity index (χ4v) is 1.55. The SMILES string of the molecule is CCc1nnc(C)n1-c1ccccc1. The summed E-state index contributed by atoms with van der Waals surface area (Å²) in [5.74, 6) is 1.95. The van der Waals surface area contributed by atoms with Crippen LogP contribution in [0.15, 0.2) is 30.3 Å². The first-order valence-corrected chi connectivity index (χ1v) is 4.79. The molecule has 1 heterocycles. The molecule has 0 aliphatic rings. The van der Waals surface area contributed by atoms with Crippen LogP contribution in [-0.4, -0.2) is 14.8 Å². The summed E-state index contributed by atoms with van der Waals surface area (Å²) in [5.41, 5.74) is 1.13. The van der Waals surface area contributed by atoms with Crippen LogP contribution in [-0.2, 0) is 6.42 Å². The van der Waals surface area contributed by atoms with E-state index in [1.807, 2.05) is 25.1 Å². The van der Waals surface area contributed by atoms with Gasteiger partial charge in [-0.2, -0.15) is 0 Å². The second-order valence-electron chi connectivity index (χ2n) is 3.19. The van der Waals surface area contributed by atoms with E-state index in [9.17, 15) is 0 Å². The summed E-state index contributed by atoms with van der Waals surface area (Å²) in [7, 11) is 0. The van der Waals surface area contributed by atoms with Gasteiger partial charge in [0, 0.05) is 12.1 Å². The van der Waals surface area contributed by atoms with Crippen molar-refractivity contribution in [3.05, 3.63) is 42.0 Å². The highest BCUT2D eigenvalue weighted by Crippen LogP contribution is 2.12. The van der Waals surface area contributed by atoms with E-state index < -0.39 is 0 Å². The molecule has 0 saturated carbocycles. The van der Waals surface area contributed by atoms with Gasteiger partial charge in [0.2, 0.25) is 0 Å². The van der Waals surface area contributed by atoms with Gasteiger partial charge in [-0.25, -0.2) is 0 Å². The Hall–Kier alpha value is -1.64. The Morgan fingerprint density at radius 3 is 2.50 bits per heavy atom. The molecule has 1 aromatic heterocycles. The third-order valence-corrected chi connectivity index (χ3v) is 2.22. The topological polar surface area (TPSA) is 30.7 Å². The third-order valence-electron chi connectivity index (χ3n) is 2.22. The summed E-state index contributed by atoms with van der Waals surface area (Å²) in [4.78, 5) is 0. The molecular formula is C11H13N3. The molecule has 0 spiro atoms. The van der Waals surface area contributed by atoms with Gasteiger partial charge in [0.15, 0.2) is 0 Å². The summed E-state index contributed by atoms with van der Waals surface area (Å²) in [6, 6.07) is 10.2. The molecule has 0 aliphatic carbocycles. The fraction of sp³-hybridized carbons (Fsp3) is 0.273. The zero-order valence-electron chi connectivity index (χ0n) is 8.44. The Kier molecular flexibility index (Phi) is 2.31. The maximum absolute atomic E-state index is 4.12. The molecule has 0 amide bonds. The van der Waals surface area contributed by atoms with Crippen LogP contribution in [0.5, 0.6) is 0 Å². The average Bonchev–Trinajstić information content (AvgIpc) is 2.61. The number of para-hydroxylation sites is 1. The molecule has 3 nitrogen and oxygen atoms in total. The van der Waals surface area contributed by atoms with E-state index in [0.29, 0.717) is 0 Å². The van der Waals surface area contributed by atoms with E-state index in [1.54, 1.807) is 0 Å². The Morgan fingerprint density at radius 2 is 1.86 bits per heavy atom. The lowest BCUT2D eigenvalue weighted by Crippen LogP contribution is -2.01. The summed E-state index contributed by atoms with van der Waals surface area (Å²) < 4.78 is 2.08. The summed E-state index contributed by atoms with van der Waals surface area (Å²) >= 11 is 0. The lowest BCUT2D eigenvalue weighted by Gasteiger charge is -2.06. The zero-order valence-corrected chi connectivity index (χ0v) is 8.44. The van der Waals surface area contributed by atoms with Crippen LogP contribution in [0.4, 0.5) is 0 Å². The van der Waals surface area contributed by atoms with Crippen molar-refractivity contribution in [2.24, 2.45) is 0 Å². The van der Waals surface area contributed by atoms with Gasteiger partial charge in [0.05, 0.1) is 0 Å². The van der Waals surface area contributed by atoms with Crippen molar-refractivity contribution in [3.63, 3.8) is 0 Å². The number of rotatable bonds is 2. The molecule has 1 aromatic carbocycles. The zero-order chi connectivity index (χ0) is 9.97. The van der Waals surface area contributed by atoms with Crippen LogP contribution >= 0.6 is 0 Å². The minimum Gasteiger partial charge on any atom is -0.283 e. The van der Waals surface area contributed by atoms with Crippen LogP contribution in [0, 0.1) is 6.92 Å². The molecule has 0 fully saturated rings. The highest BCUT2D eigenvalue weighted by atomic mass is 15.3. The van der Waals surface area contributed by atoms with E-state index in [0.717, 1.165) is 23.8 Å². The molecule has 0 aliphatic heterocycles. The van der Waals surface area contributed by atoms with Gasteiger partial charge in [0.1, 0.15) is 11.6 Å². The van der Waals surface area contributed by atoms with Gasteiger partial charge >= 0.3 is 0 Å². The first-order chi connectivity index (χ1) is 6.83. The molecule has 0 saturated heterocycles. The van der Waals surface area contributed by atoms with E-state index in [-0.39, 0.29) is 0 Å². The van der Waals surface area contributed by atoms with E-state index in [1.165, 1.54) is 0 Å². The third kappa shape index (κ3) is 1.41. The predicted molar refractivity (Wildman–Crippen MR) is 55.5 cm³/mol. The standard InChI is InChI=1S/C11H13N3/c1-3-11-13-12-9(2)14(11)10-7-5-4-6-8-10/h4-8H,3H2,1-2H3. The number of benzene rings is 1. The fourth-order valence-electron chi connectivity index (χ4n) is 1.55. The molecule has 3 heteroatoms. The number of nitrogens with zero attached hydrogens (tertiary/aromatic N) is 3. The summed E-state index contributed by atoms with van der Waals surface area (Å²) in [6.45, 7) is 4.06. The largest absolute Gasteiger partial charge is 0.283 e. The van der Waals surface area contributed by atoms with E-state index >= 15 is 0 Å². The molecule has 0 atom stereocenters. The van der Waals surface area contributed by atoms with E-state index in [4.69, 9.17) is 0 Å². The van der Waals surface area contributed by atoms with Gasteiger partial charge < -0.3 is 0 Å². The Bertz CT molecular complexity index is 417. The molecule has 0 bridgehead atoms. The van der Waals surface area contributed by atoms with Crippen LogP contribution < -0.4 is 0 Å². The van der Waals surface area contributed by atoms with Crippen LogP contribution in [0.25, 0.3) is 5.69 Å². The molecule has 2 rings (SSSR count). The monoisotopic (exact) mass is 187 g/mol. The lowest BCUT2D eigenvalue weighted by atomic mass is 10.3. The smallest absolute Gasteiger partial charge is 0.137 e. The Morgan fingerprint density at radius 1 is 1.14 bits per heavy atom. The Balaban J connectivity index is 2.55. The first-order valence-electron chi connectivity index (χ1n) is 4.79. The van der Waals surface area contributed by atoms with Crippen molar-refractivity contribution in [2.75, 3.05) is 0 Å². The van der Waals surface area contributed by atoms with Crippen molar-refractivity contribution < 1.29 is 0 Å². The van der Waals surface area contributed by atoms with Gasteiger partial charge in [-0.05, 0) is 19.1 Å². The van der Waals surface area contributed by atoms with Gasteiger partial charge in [-0.3, -0.25) is 4.57 Å². The summed E-state index contributed by atoms with van der Waals surface area (Å²) in [6.07, 6.45) is 0.899. The van der Waals surface area contributed by atoms with Crippen molar-refractivity contribution in [1.29, 1.82) is 0 Å². The minimum atomic E-state index is 0.899. The number of hydrogen-bond acceptors (Lipinski definition) is 2.